The second kappa shape index (κ2) is 9.95. The number of aryl methyl sites for hydroxylation is 1. The Balaban J connectivity index is 1.76. The molecule has 0 unspecified atom stereocenters. The summed E-state index contributed by atoms with van der Waals surface area (Å²) >= 11 is 18.5. The maximum Gasteiger partial charge on any atom is 0.266 e. The van der Waals surface area contributed by atoms with Crippen LogP contribution >= 0.6 is 34.8 Å². The van der Waals surface area contributed by atoms with Crippen molar-refractivity contribution < 1.29 is 4.79 Å². The number of benzene rings is 3. The number of nitrogens with one attached hydrogen (secondary N) is 1. The van der Waals surface area contributed by atoms with Crippen molar-refractivity contribution in [2.45, 2.75) is 20.4 Å². The fraction of sp³-hybridized carbons (Fsp3) is 0.111. The number of para-hydroxylation sites is 1. The third-order valence-corrected chi connectivity index (χ3v) is 6.55. The summed E-state index contributed by atoms with van der Waals surface area (Å²) in [6.45, 7) is 4.34. The van der Waals surface area contributed by atoms with Gasteiger partial charge in [0.1, 0.15) is 11.6 Å². The number of halogens is 3. The molecule has 34 heavy (non-hydrogen) atoms. The normalized spacial score (nSPS) is 11.5. The molecule has 0 spiro atoms. The molecule has 7 heteroatoms. The van der Waals surface area contributed by atoms with Gasteiger partial charge in [-0.25, -0.2) is 0 Å². The Morgan fingerprint density at radius 3 is 2.47 bits per heavy atom. The first-order chi connectivity index (χ1) is 16.3. The maximum absolute atomic E-state index is 13.0. The smallest absolute Gasteiger partial charge is 0.266 e. The van der Waals surface area contributed by atoms with E-state index in [4.69, 9.17) is 34.8 Å². The van der Waals surface area contributed by atoms with E-state index in [2.05, 4.69) is 9.88 Å². The van der Waals surface area contributed by atoms with Crippen LogP contribution in [-0.2, 0) is 11.3 Å². The van der Waals surface area contributed by atoms with Crippen LogP contribution in [-0.4, -0.2) is 10.5 Å². The van der Waals surface area contributed by atoms with Crippen LogP contribution in [0.15, 0.2) is 66.2 Å². The molecule has 0 saturated carbocycles. The summed E-state index contributed by atoms with van der Waals surface area (Å²) in [4.78, 5) is 13.0. The number of amides is 1. The fourth-order valence-electron chi connectivity index (χ4n) is 3.88. The average Bonchev–Trinajstić information content (AvgIpc) is 3.07. The minimum atomic E-state index is -0.496. The Labute approximate surface area is 213 Å². The number of carbonyl (C=O) groups is 1. The topological polar surface area (TPSA) is 57.8 Å². The molecule has 1 aromatic heterocycles. The summed E-state index contributed by atoms with van der Waals surface area (Å²) < 4.78 is 2.12. The highest BCUT2D eigenvalue weighted by molar-refractivity contribution is 6.35. The standard InChI is InChI=1S/C27H20Cl3N3O/c1-16-7-9-21(29)13-25(16)32-27(34)19(14-31)11-23-17(2)33(26-6-4-3-5-22(23)26)15-18-8-10-20(28)12-24(18)30/h3-13H,15H2,1-2H3,(H,32,34)/b19-11+. The number of fused-ring (bicyclic) bond motifs is 1. The summed E-state index contributed by atoms with van der Waals surface area (Å²) in [7, 11) is 0. The molecule has 0 saturated heterocycles. The molecule has 1 heterocycles. The second-order valence-electron chi connectivity index (χ2n) is 7.92. The number of nitriles is 1. The first-order valence-electron chi connectivity index (χ1n) is 10.5. The molecule has 0 aliphatic carbocycles. The van der Waals surface area contributed by atoms with Crippen molar-refractivity contribution in [2.24, 2.45) is 0 Å². The van der Waals surface area contributed by atoms with Crippen LogP contribution in [0.25, 0.3) is 17.0 Å². The summed E-state index contributed by atoms with van der Waals surface area (Å²) in [6, 6.07) is 20.6. The van der Waals surface area contributed by atoms with Crippen molar-refractivity contribution >= 4 is 63.4 Å². The molecule has 3 aromatic carbocycles. The lowest BCUT2D eigenvalue weighted by Crippen LogP contribution is -2.14. The van der Waals surface area contributed by atoms with Crippen molar-refractivity contribution in [3.05, 3.63) is 104 Å². The van der Waals surface area contributed by atoms with E-state index in [9.17, 15) is 10.1 Å². The molecule has 0 bridgehead atoms. The van der Waals surface area contributed by atoms with Gasteiger partial charge in [0, 0.05) is 49.5 Å². The van der Waals surface area contributed by atoms with Crippen LogP contribution in [0.3, 0.4) is 0 Å². The first kappa shape index (κ1) is 23.9. The largest absolute Gasteiger partial charge is 0.340 e. The van der Waals surface area contributed by atoms with Gasteiger partial charge in [0.25, 0.3) is 5.91 Å². The Kier molecular flexibility index (Phi) is 7.00. The minimum absolute atomic E-state index is 0.00472. The third kappa shape index (κ3) is 4.83. The Hall–Kier alpha value is -3.23. The number of hydrogen-bond donors (Lipinski definition) is 1. The molecule has 0 aliphatic rings. The Bertz CT molecular complexity index is 1500. The van der Waals surface area contributed by atoms with Gasteiger partial charge in [0.2, 0.25) is 0 Å². The molecule has 0 radical (unpaired) electrons. The minimum Gasteiger partial charge on any atom is -0.340 e. The average molecular weight is 509 g/mol. The van der Waals surface area contributed by atoms with Gasteiger partial charge in [0.15, 0.2) is 0 Å². The van der Waals surface area contributed by atoms with Gasteiger partial charge in [-0.3, -0.25) is 4.79 Å². The zero-order valence-corrected chi connectivity index (χ0v) is 20.8. The lowest BCUT2D eigenvalue weighted by atomic mass is 10.1. The molecule has 0 aliphatic heterocycles. The number of nitrogens with zero attached hydrogens (tertiary/aromatic N) is 2. The predicted molar refractivity (Wildman–Crippen MR) is 141 cm³/mol. The molecule has 1 N–H and O–H groups in total. The van der Waals surface area contributed by atoms with Crippen molar-refractivity contribution in [3.63, 3.8) is 0 Å². The van der Waals surface area contributed by atoms with Gasteiger partial charge in [-0.15, -0.1) is 0 Å². The lowest BCUT2D eigenvalue weighted by molar-refractivity contribution is -0.112. The van der Waals surface area contributed by atoms with Gasteiger partial charge >= 0.3 is 0 Å². The van der Waals surface area contributed by atoms with Crippen molar-refractivity contribution in [2.75, 3.05) is 5.32 Å². The van der Waals surface area contributed by atoms with Crippen LogP contribution < -0.4 is 5.32 Å². The van der Waals surface area contributed by atoms with E-state index >= 15 is 0 Å². The van der Waals surface area contributed by atoms with Crippen LogP contribution in [0.4, 0.5) is 5.69 Å². The van der Waals surface area contributed by atoms with E-state index < -0.39 is 5.91 Å². The van der Waals surface area contributed by atoms with E-state index in [1.807, 2.05) is 56.3 Å². The quantitative estimate of drug-likeness (QED) is 0.221. The molecule has 0 atom stereocenters. The number of anilines is 1. The molecule has 4 nitrogen and oxygen atoms in total. The van der Waals surface area contributed by atoms with Crippen LogP contribution in [0, 0.1) is 25.2 Å². The molecule has 0 fully saturated rings. The maximum atomic E-state index is 13.0. The van der Waals surface area contributed by atoms with E-state index in [1.54, 1.807) is 30.3 Å². The number of hydrogen-bond acceptors (Lipinski definition) is 2. The highest BCUT2D eigenvalue weighted by Crippen LogP contribution is 2.31. The van der Waals surface area contributed by atoms with Gasteiger partial charge in [-0.05, 0) is 61.4 Å². The third-order valence-electron chi connectivity index (χ3n) is 5.72. The lowest BCUT2D eigenvalue weighted by Gasteiger charge is -2.11. The van der Waals surface area contributed by atoms with Gasteiger partial charge < -0.3 is 9.88 Å². The summed E-state index contributed by atoms with van der Waals surface area (Å²) in [5.41, 5.74) is 5.01. The highest BCUT2D eigenvalue weighted by atomic mass is 35.5. The SMILES string of the molecule is Cc1ccc(Cl)cc1NC(=O)/C(C#N)=C/c1c(C)n(Cc2ccc(Cl)cc2Cl)c2ccccc12. The molecule has 4 rings (SSSR count). The second-order valence-corrected chi connectivity index (χ2v) is 9.20. The fourth-order valence-corrected chi connectivity index (χ4v) is 4.52. The Morgan fingerprint density at radius 1 is 1.03 bits per heavy atom. The van der Waals surface area contributed by atoms with Crippen molar-refractivity contribution in [3.8, 4) is 6.07 Å². The van der Waals surface area contributed by atoms with E-state index in [-0.39, 0.29) is 5.57 Å². The van der Waals surface area contributed by atoms with Crippen molar-refractivity contribution in [1.29, 1.82) is 5.26 Å². The van der Waals surface area contributed by atoms with Crippen LogP contribution in [0.2, 0.25) is 15.1 Å². The van der Waals surface area contributed by atoms with Crippen LogP contribution in [0.1, 0.15) is 22.4 Å². The monoisotopic (exact) mass is 507 g/mol. The summed E-state index contributed by atoms with van der Waals surface area (Å²) in [5, 5.41) is 15.2. The highest BCUT2D eigenvalue weighted by Gasteiger charge is 2.17. The zero-order valence-electron chi connectivity index (χ0n) is 18.5. The van der Waals surface area contributed by atoms with E-state index in [0.29, 0.717) is 27.3 Å². The number of carbonyl (C=O) groups excluding carboxylic acids is 1. The van der Waals surface area contributed by atoms with Gasteiger partial charge in [-0.1, -0.05) is 65.1 Å². The Morgan fingerprint density at radius 2 is 1.74 bits per heavy atom. The van der Waals surface area contributed by atoms with Crippen LogP contribution in [0.5, 0.6) is 0 Å². The molecule has 4 aromatic rings. The summed E-state index contributed by atoms with van der Waals surface area (Å²) in [5.74, 6) is -0.496. The number of rotatable bonds is 5. The van der Waals surface area contributed by atoms with E-state index in [1.165, 1.54) is 0 Å². The van der Waals surface area contributed by atoms with Gasteiger partial charge in [0.05, 0.1) is 0 Å². The van der Waals surface area contributed by atoms with Crippen molar-refractivity contribution in [1.82, 2.24) is 4.57 Å². The molecule has 1 amide bonds. The number of aromatic nitrogens is 1. The van der Waals surface area contributed by atoms with Gasteiger partial charge in [-0.2, -0.15) is 5.26 Å². The first-order valence-corrected chi connectivity index (χ1v) is 11.6. The summed E-state index contributed by atoms with van der Waals surface area (Å²) in [6.07, 6.45) is 1.63. The molecule has 170 valence electrons. The van der Waals surface area contributed by atoms with E-state index in [0.717, 1.165) is 33.3 Å². The molecular weight excluding hydrogens is 489 g/mol. The zero-order chi connectivity index (χ0) is 24.4. The molecular formula is C27H20Cl3N3O. The predicted octanol–water partition coefficient (Wildman–Crippen LogP) is 7.81.